The zero-order valence-electron chi connectivity index (χ0n) is 13.3. The van der Waals surface area contributed by atoms with E-state index < -0.39 is 0 Å². The van der Waals surface area contributed by atoms with Crippen LogP contribution in [0.2, 0.25) is 0 Å². The van der Waals surface area contributed by atoms with Gasteiger partial charge in [0.15, 0.2) is 0 Å². The summed E-state index contributed by atoms with van der Waals surface area (Å²) in [4.78, 5) is 23.0. The SMILES string of the molecule is COC(=O)C12CC3CC(C1)CC(c1ccc([N+](=O)[O-])cc1)(C3)C2. The molecule has 5 nitrogen and oxygen atoms in total. The number of nitro groups is 1. The molecule has 0 saturated heterocycles. The summed E-state index contributed by atoms with van der Waals surface area (Å²) in [5, 5.41) is 10.9. The van der Waals surface area contributed by atoms with E-state index in [1.54, 1.807) is 12.1 Å². The third-order valence-electron chi connectivity index (χ3n) is 6.37. The monoisotopic (exact) mass is 315 g/mol. The maximum atomic E-state index is 12.5. The van der Waals surface area contributed by atoms with E-state index in [1.807, 2.05) is 12.1 Å². The van der Waals surface area contributed by atoms with Crippen molar-refractivity contribution in [2.24, 2.45) is 17.3 Å². The number of carbonyl (C=O) groups excluding carboxylic acids is 1. The molecule has 5 heteroatoms. The Balaban J connectivity index is 1.73. The minimum atomic E-state index is -0.362. The standard InChI is InChI=1S/C18H21NO4/c1-23-16(20)18-9-12-6-13(10-18)8-17(7-12,11-18)14-2-4-15(5-3-14)19(21)22/h2-5,12-13H,6-11H2,1H3. The molecular formula is C18H21NO4. The number of hydrogen-bond acceptors (Lipinski definition) is 4. The first-order valence-corrected chi connectivity index (χ1v) is 8.30. The van der Waals surface area contributed by atoms with E-state index in [1.165, 1.54) is 13.5 Å². The number of ether oxygens (including phenoxy) is 1. The van der Waals surface area contributed by atoms with Gasteiger partial charge in [-0.15, -0.1) is 0 Å². The van der Waals surface area contributed by atoms with Crippen LogP contribution in [-0.4, -0.2) is 18.0 Å². The molecule has 1 aromatic carbocycles. The molecule has 0 N–H and O–H groups in total. The van der Waals surface area contributed by atoms with Gasteiger partial charge in [-0.25, -0.2) is 0 Å². The molecule has 4 saturated carbocycles. The van der Waals surface area contributed by atoms with Gasteiger partial charge in [-0.3, -0.25) is 14.9 Å². The predicted molar refractivity (Wildman–Crippen MR) is 83.9 cm³/mol. The van der Waals surface area contributed by atoms with E-state index in [-0.39, 0.29) is 27.4 Å². The van der Waals surface area contributed by atoms with Gasteiger partial charge in [-0.1, -0.05) is 12.1 Å². The summed E-state index contributed by atoms with van der Waals surface area (Å²) >= 11 is 0. The molecule has 4 bridgehead atoms. The molecular weight excluding hydrogens is 294 g/mol. The highest BCUT2D eigenvalue weighted by molar-refractivity contribution is 5.78. The molecule has 23 heavy (non-hydrogen) atoms. The van der Waals surface area contributed by atoms with Crippen LogP contribution in [0, 0.1) is 27.4 Å². The number of esters is 1. The third kappa shape index (κ3) is 2.09. The van der Waals surface area contributed by atoms with Crippen molar-refractivity contribution in [3.8, 4) is 0 Å². The molecule has 5 rings (SSSR count). The zero-order valence-corrected chi connectivity index (χ0v) is 13.3. The van der Waals surface area contributed by atoms with E-state index in [9.17, 15) is 14.9 Å². The largest absolute Gasteiger partial charge is 0.469 e. The predicted octanol–water partition coefficient (Wildman–Crippen LogP) is 3.61. The number of benzene rings is 1. The lowest BCUT2D eigenvalue weighted by atomic mass is 9.43. The van der Waals surface area contributed by atoms with Gasteiger partial charge in [0.2, 0.25) is 0 Å². The first kappa shape index (κ1) is 14.7. The highest BCUT2D eigenvalue weighted by atomic mass is 16.6. The summed E-state index contributed by atoms with van der Waals surface area (Å²) in [5.74, 6) is 1.09. The van der Waals surface area contributed by atoms with Gasteiger partial charge >= 0.3 is 5.97 Å². The van der Waals surface area contributed by atoms with Crippen LogP contribution in [0.25, 0.3) is 0 Å². The summed E-state index contributed by atoms with van der Waals surface area (Å²) < 4.78 is 5.14. The fourth-order valence-corrected chi connectivity index (χ4v) is 5.99. The smallest absolute Gasteiger partial charge is 0.311 e. The molecule has 1 aromatic rings. The molecule has 2 unspecified atom stereocenters. The summed E-state index contributed by atoms with van der Waals surface area (Å²) in [6.45, 7) is 0. The molecule has 0 radical (unpaired) electrons. The highest BCUT2D eigenvalue weighted by Crippen LogP contribution is 2.66. The van der Waals surface area contributed by atoms with Gasteiger partial charge in [-0.05, 0) is 61.3 Å². The van der Waals surface area contributed by atoms with Crippen LogP contribution in [0.1, 0.15) is 44.1 Å². The van der Waals surface area contributed by atoms with Crippen molar-refractivity contribution in [3.63, 3.8) is 0 Å². The van der Waals surface area contributed by atoms with Crippen molar-refractivity contribution in [1.29, 1.82) is 0 Å². The van der Waals surface area contributed by atoms with Crippen molar-refractivity contribution < 1.29 is 14.5 Å². The first-order valence-electron chi connectivity index (χ1n) is 8.30. The molecule has 122 valence electrons. The lowest BCUT2D eigenvalue weighted by Gasteiger charge is -2.61. The van der Waals surface area contributed by atoms with Crippen LogP contribution < -0.4 is 0 Å². The molecule has 4 fully saturated rings. The van der Waals surface area contributed by atoms with Crippen LogP contribution in [0.15, 0.2) is 24.3 Å². The summed E-state index contributed by atoms with van der Waals surface area (Å²) in [7, 11) is 1.49. The second-order valence-electron chi connectivity index (χ2n) is 7.82. The van der Waals surface area contributed by atoms with Gasteiger partial charge in [0, 0.05) is 12.1 Å². The molecule has 0 amide bonds. The fourth-order valence-electron chi connectivity index (χ4n) is 5.99. The van der Waals surface area contributed by atoms with Crippen molar-refractivity contribution in [3.05, 3.63) is 39.9 Å². The Bertz CT molecular complexity index is 652. The van der Waals surface area contributed by atoms with E-state index >= 15 is 0 Å². The molecule has 4 aliphatic rings. The normalized spacial score (nSPS) is 37.6. The van der Waals surface area contributed by atoms with Crippen LogP contribution >= 0.6 is 0 Å². The Morgan fingerprint density at radius 3 is 2.30 bits per heavy atom. The molecule has 0 spiro atoms. The first-order chi connectivity index (χ1) is 11.0. The maximum absolute atomic E-state index is 12.5. The maximum Gasteiger partial charge on any atom is 0.311 e. The number of nitro benzene ring substituents is 1. The average molecular weight is 315 g/mol. The van der Waals surface area contributed by atoms with Gasteiger partial charge in [-0.2, -0.15) is 0 Å². The Hall–Kier alpha value is -1.91. The van der Waals surface area contributed by atoms with Crippen LogP contribution in [0.5, 0.6) is 0 Å². The van der Waals surface area contributed by atoms with Gasteiger partial charge in [0.1, 0.15) is 0 Å². The van der Waals surface area contributed by atoms with Crippen molar-refractivity contribution in [1.82, 2.24) is 0 Å². The average Bonchev–Trinajstić information content (AvgIpc) is 2.53. The molecule has 0 aliphatic heterocycles. The number of carbonyl (C=O) groups is 1. The topological polar surface area (TPSA) is 69.4 Å². The third-order valence-corrected chi connectivity index (χ3v) is 6.37. The molecule has 0 heterocycles. The van der Waals surface area contributed by atoms with E-state index in [0.717, 1.165) is 37.7 Å². The quantitative estimate of drug-likeness (QED) is 0.485. The van der Waals surface area contributed by atoms with E-state index in [0.29, 0.717) is 11.8 Å². The van der Waals surface area contributed by atoms with E-state index in [4.69, 9.17) is 4.74 Å². The lowest BCUT2D eigenvalue weighted by molar-refractivity contribution is -0.384. The number of methoxy groups -OCH3 is 1. The molecule has 0 aromatic heterocycles. The van der Waals surface area contributed by atoms with Gasteiger partial charge in [0.25, 0.3) is 5.69 Å². The van der Waals surface area contributed by atoms with Crippen molar-refractivity contribution in [2.75, 3.05) is 7.11 Å². The van der Waals surface area contributed by atoms with Crippen molar-refractivity contribution in [2.45, 2.75) is 43.9 Å². The minimum absolute atomic E-state index is 0.00655. The lowest BCUT2D eigenvalue weighted by Crippen LogP contribution is -2.57. The summed E-state index contributed by atoms with van der Waals surface area (Å²) in [6.07, 6.45) is 6.14. The van der Waals surface area contributed by atoms with Crippen LogP contribution in [-0.2, 0) is 14.9 Å². The Morgan fingerprint density at radius 1 is 1.17 bits per heavy atom. The van der Waals surface area contributed by atoms with Crippen LogP contribution in [0.3, 0.4) is 0 Å². The van der Waals surface area contributed by atoms with Gasteiger partial charge in [0.05, 0.1) is 17.4 Å². The van der Waals surface area contributed by atoms with E-state index in [2.05, 4.69) is 0 Å². The second kappa shape index (κ2) is 4.79. The molecule has 4 aliphatic carbocycles. The number of rotatable bonds is 3. The number of hydrogen-bond donors (Lipinski definition) is 0. The van der Waals surface area contributed by atoms with Gasteiger partial charge < -0.3 is 4.74 Å². The Labute approximate surface area is 135 Å². The second-order valence-corrected chi connectivity index (χ2v) is 7.82. The number of nitrogens with zero attached hydrogens (tertiary/aromatic N) is 1. The zero-order chi connectivity index (χ0) is 16.2. The highest BCUT2D eigenvalue weighted by Gasteiger charge is 2.61. The fraction of sp³-hybridized carbons (Fsp3) is 0.611. The summed E-state index contributed by atoms with van der Waals surface area (Å²) in [6, 6.07) is 6.99. The molecule has 2 atom stereocenters. The van der Waals surface area contributed by atoms with Crippen molar-refractivity contribution >= 4 is 11.7 Å². The number of non-ortho nitro benzene ring substituents is 1. The minimum Gasteiger partial charge on any atom is -0.469 e. The summed E-state index contributed by atoms with van der Waals surface area (Å²) in [5.41, 5.74) is 0.945. The Kier molecular flexibility index (Phi) is 3.06. The van der Waals surface area contributed by atoms with Crippen LogP contribution in [0.4, 0.5) is 5.69 Å². The Morgan fingerprint density at radius 2 is 1.78 bits per heavy atom.